The summed E-state index contributed by atoms with van der Waals surface area (Å²) in [4.78, 5) is 39.4. The third-order valence-corrected chi connectivity index (χ3v) is 5.59. The van der Waals surface area contributed by atoms with Crippen molar-refractivity contribution in [3.8, 4) is 0 Å². The van der Waals surface area contributed by atoms with Gasteiger partial charge in [0.1, 0.15) is 6.54 Å². The third kappa shape index (κ3) is 3.82. The minimum atomic E-state index is -0.478. The highest BCUT2D eigenvalue weighted by molar-refractivity contribution is 7.16. The van der Waals surface area contributed by atoms with Crippen molar-refractivity contribution >= 4 is 39.1 Å². The topological polar surface area (TPSA) is 104 Å². The summed E-state index contributed by atoms with van der Waals surface area (Å²) in [5.74, 6) is -0.756. The molecule has 1 fully saturated rings. The summed E-state index contributed by atoms with van der Waals surface area (Å²) in [5.41, 5.74) is 0.565. The number of nitro benzene ring substituents is 1. The fourth-order valence-corrected chi connectivity index (χ4v) is 4.21. The molecule has 9 heteroatoms. The number of hydrogen-bond acceptors (Lipinski definition) is 6. The predicted molar refractivity (Wildman–Crippen MR) is 95.6 cm³/mol. The van der Waals surface area contributed by atoms with Gasteiger partial charge in [0.15, 0.2) is 4.80 Å². The van der Waals surface area contributed by atoms with E-state index in [9.17, 15) is 19.7 Å². The van der Waals surface area contributed by atoms with Gasteiger partial charge in [0.25, 0.3) is 11.6 Å². The van der Waals surface area contributed by atoms with Gasteiger partial charge in [0, 0.05) is 18.1 Å². The summed E-state index contributed by atoms with van der Waals surface area (Å²) in [5, 5.41) is 11.0. The molecule has 0 N–H and O–H groups in total. The van der Waals surface area contributed by atoms with Gasteiger partial charge in [0.2, 0.25) is 0 Å². The molecule has 1 aliphatic carbocycles. The van der Waals surface area contributed by atoms with Crippen LogP contribution in [0.2, 0.25) is 0 Å². The lowest BCUT2D eigenvalue weighted by molar-refractivity contribution is -0.384. The smallest absolute Gasteiger partial charge is 0.325 e. The van der Waals surface area contributed by atoms with Crippen molar-refractivity contribution in [2.75, 3.05) is 7.11 Å². The van der Waals surface area contributed by atoms with E-state index in [1.54, 1.807) is 10.6 Å². The Morgan fingerprint density at radius 3 is 2.73 bits per heavy atom. The molecule has 3 rings (SSSR count). The first-order valence-corrected chi connectivity index (χ1v) is 9.24. The Morgan fingerprint density at radius 2 is 2.08 bits per heavy atom. The highest BCUT2D eigenvalue weighted by atomic mass is 32.1. The monoisotopic (exact) mass is 377 g/mol. The van der Waals surface area contributed by atoms with Gasteiger partial charge in [0.05, 0.1) is 22.2 Å². The molecule has 0 radical (unpaired) electrons. The van der Waals surface area contributed by atoms with Crippen molar-refractivity contribution in [1.82, 2.24) is 4.57 Å². The summed E-state index contributed by atoms with van der Waals surface area (Å²) >= 11 is 1.16. The molecular formula is C17H19N3O5S. The van der Waals surface area contributed by atoms with Crippen molar-refractivity contribution in [2.45, 2.75) is 38.6 Å². The van der Waals surface area contributed by atoms with E-state index in [0.29, 0.717) is 15.0 Å². The average molecular weight is 377 g/mol. The second kappa shape index (κ2) is 7.77. The maximum absolute atomic E-state index is 12.5. The molecule has 1 amide bonds. The number of amides is 1. The first-order valence-electron chi connectivity index (χ1n) is 8.43. The number of rotatable bonds is 4. The van der Waals surface area contributed by atoms with E-state index in [1.165, 1.54) is 19.2 Å². The van der Waals surface area contributed by atoms with E-state index >= 15 is 0 Å². The number of fused-ring (bicyclic) bond motifs is 1. The number of thiazole rings is 1. The Kier molecular flexibility index (Phi) is 5.46. The molecular weight excluding hydrogens is 358 g/mol. The number of nitrogens with zero attached hydrogens (tertiary/aromatic N) is 3. The highest BCUT2D eigenvalue weighted by Crippen LogP contribution is 2.26. The molecule has 1 aliphatic rings. The van der Waals surface area contributed by atoms with E-state index in [2.05, 4.69) is 4.99 Å². The standard InChI is InChI=1S/C17H19N3O5S/c1-25-15(21)10-19-13-8-7-12(20(23)24)9-14(13)26-17(19)18-16(22)11-5-3-2-4-6-11/h7-9,11H,2-6,10H2,1H3. The zero-order valence-corrected chi connectivity index (χ0v) is 15.2. The number of benzene rings is 1. The molecule has 2 aromatic rings. The SMILES string of the molecule is COC(=O)Cn1c(=NC(=O)C2CCCCC2)sc2cc([N+](=O)[O-])ccc21. The number of esters is 1. The summed E-state index contributed by atoms with van der Waals surface area (Å²) in [6.45, 7) is -0.106. The molecule has 138 valence electrons. The minimum absolute atomic E-state index is 0.0471. The van der Waals surface area contributed by atoms with Gasteiger partial charge < -0.3 is 9.30 Å². The molecule has 0 bridgehead atoms. The molecule has 0 unspecified atom stereocenters. The van der Waals surface area contributed by atoms with Gasteiger partial charge in [-0.25, -0.2) is 0 Å². The van der Waals surface area contributed by atoms with Crippen LogP contribution < -0.4 is 4.80 Å². The van der Waals surface area contributed by atoms with Crippen LogP contribution in [0.4, 0.5) is 5.69 Å². The van der Waals surface area contributed by atoms with Crippen LogP contribution in [0, 0.1) is 16.0 Å². The number of ether oxygens (including phenoxy) is 1. The maximum Gasteiger partial charge on any atom is 0.325 e. The number of non-ortho nitro benzene ring substituents is 1. The van der Waals surface area contributed by atoms with E-state index in [0.717, 1.165) is 43.4 Å². The van der Waals surface area contributed by atoms with Crippen LogP contribution in [0.3, 0.4) is 0 Å². The summed E-state index contributed by atoms with van der Waals surface area (Å²) < 4.78 is 6.90. The maximum atomic E-state index is 12.5. The Hall–Kier alpha value is -2.55. The molecule has 1 heterocycles. The van der Waals surface area contributed by atoms with E-state index in [4.69, 9.17) is 4.74 Å². The number of carbonyl (C=O) groups is 2. The van der Waals surface area contributed by atoms with Crippen molar-refractivity contribution in [1.29, 1.82) is 0 Å². The lowest BCUT2D eigenvalue weighted by Gasteiger charge is -2.17. The van der Waals surface area contributed by atoms with Crippen molar-refractivity contribution in [2.24, 2.45) is 10.9 Å². The van der Waals surface area contributed by atoms with Gasteiger partial charge in [-0.1, -0.05) is 30.6 Å². The largest absolute Gasteiger partial charge is 0.468 e. The fraction of sp³-hybridized carbons (Fsp3) is 0.471. The highest BCUT2D eigenvalue weighted by Gasteiger charge is 2.21. The summed E-state index contributed by atoms with van der Waals surface area (Å²) in [6, 6.07) is 4.37. The second-order valence-electron chi connectivity index (χ2n) is 6.24. The number of methoxy groups -OCH3 is 1. The Balaban J connectivity index is 2.07. The van der Waals surface area contributed by atoms with E-state index in [1.807, 2.05) is 0 Å². The van der Waals surface area contributed by atoms with Crippen LogP contribution in [0.25, 0.3) is 10.2 Å². The van der Waals surface area contributed by atoms with Crippen LogP contribution in [0.5, 0.6) is 0 Å². The molecule has 0 spiro atoms. The Bertz CT molecular complexity index is 924. The normalized spacial score (nSPS) is 16.0. The number of hydrogen-bond donors (Lipinski definition) is 0. The van der Waals surface area contributed by atoms with Gasteiger partial charge in [-0.05, 0) is 18.9 Å². The first kappa shape index (κ1) is 18.2. The summed E-state index contributed by atoms with van der Waals surface area (Å²) in [7, 11) is 1.28. The van der Waals surface area contributed by atoms with Crippen LogP contribution in [0.1, 0.15) is 32.1 Å². The van der Waals surface area contributed by atoms with Gasteiger partial charge in [-0.3, -0.25) is 19.7 Å². The third-order valence-electron chi connectivity index (χ3n) is 4.55. The van der Waals surface area contributed by atoms with Crippen LogP contribution >= 0.6 is 11.3 Å². The fourth-order valence-electron chi connectivity index (χ4n) is 3.14. The van der Waals surface area contributed by atoms with Crippen LogP contribution in [-0.4, -0.2) is 28.5 Å². The molecule has 0 atom stereocenters. The average Bonchev–Trinajstić information content (AvgIpc) is 2.98. The lowest BCUT2D eigenvalue weighted by Crippen LogP contribution is -2.24. The van der Waals surface area contributed by atoms with Crippen molar-refractivity contribution in [3.63, 3.8) is 0 Å². The van der Waals surface area contributed by atoms with Crippen molar-refractivity contribution < 1.29 is 19.2 Å². The zero-order valence-electron chi connectivity index (χ0n) is 14.3. The van der Waals surface area contributed by atoms with Crippen LogP contribution in [0.15, 0.2) is 23.2 Å². The summed E-state index contributed by atoms with van der Waals surface area (Å²) in [6.07, 6.45) is 4.84. The number of nitro groups is 1. The van der Waals surface area contributed by atoms with Crippen molar-refractivity contribution in [3.05, 3.63) is 33.1 Å². The number of carbonyl (C=O) groups excluding carboxylic acids is 2. The first-order chi connectivity index (χ1) is 12.5. The van der Waals surface area contributed by atoms with Gasteiger partial charge in [-0.2, -0.15) is 4.99 Å². The molecule has 0 saturated heterocycles. The van der Waals surface area contributed by atoms with Gasteiger partial charge >= 0.3 is 5.97 Å². The molecule has 26 heavy (non-hydrogen) atoms. The minimum Gasteiger partial charge on any atom is -0.468 e. The van der Waals surface area contributed by atoms with Gasteiger partial charge in [-0.15, -0.1) is 0 Å². The zero-order chi connectivity index (χ0) is 18.7. The Morgan fingerprint density at radius 1 is 1.35 bits per heavy atom. The van der Waals surface area contributed by atoms with Crippen LogP contribution in [-0.2, 0) is 20.9 Å². The molecule has 1 aromatic carbocycles. The molecule has 1 aromatic heterocycles. The second-order valence-corrected chi connectivity index (χ2v) is 7.25. The predicted octanol–water partition coefficient (Wildman–Crippen LogP) is 2.79. The van der Waals surface area contributed by atoms with E-state index < -0.39 is 10.9 Å². The quantitative estimate of drug-likeness (QED) is 0.463. The van der Waals surface area contributed by atoms with E-state index in [-0.39, 0.29) is 24.1 Å². The molecule has 0 aliphatic heterocycles. The molecule has 1 saturated carbocycles. The number of aromatic nitrogens is 1. The molecule has 8 nitrogen and oxygen atoms in total. The Labute approximate surface area is 153 Å². The lowest BCUT2D eigenvalue weighted by atomic mass is 9.89.